The molecule has 0 saturated heterocycles. The summed E-state index contributed by atoms with van der Waals surface area (Å²) in [6, 6.07) is 1.02. The van der Waals surface area contributed by atoms with E-state index < -0.39 is 12.0 Å². The highest BCUT2D eigenvalue weighted by Crippen LogP contribution is 2.15. The minimum absolute atomic E-state index is 0.106. The highest BCUT2D eigenvalue weighted by Gasteiger charge is 2.22. The molecule has 1 aromatic heterocycles. The van der Waals surface area contributed by atoms with Crippen LogP contribution in [-0.4, -0.2) is 40.7 Å². The summed E-state index contributed by atoms with van der Waals surface area (Å²) in [5, 5.41) is 3.11. The van der Waals surface area contributed by atoms with Gasteiger partial charge in [0.15, 0.2) is 5.16 Å². The number of thioether (sulfide) groups is 1. The molecule has 1 unspecified atom stereocenters. The van der Waals surface area contributed by atoms with E-state index in [9.17, 15) is 9.59 Å². The molecule has 0 spiro atoms. The molecular formula is C14H22N4O3S. The lowest BCUT2D eigenvalue weighted by Gasteiger charge is -2.18. The van der Waals surface area contributed by atoms with Crippen molar-refractivity contribution < 1.29 is 14.3 Å². The zero-order chi connectivity index (χ0) is 16.7. The predicted molar refractivity (Wildman–Crippen MR) is 85.3 cm³/mol. The van der Waals surface area contributed by atoms with Gasteiger partial charge in [-0.15, -0.1) is 0 Å². The van der Waals surface area contributed by atoms with Crippen molar-refractivity contribution in [3.05, 3.63) is 11.8 Å². The SMILES string of the molecule is COC(=O)C(CC(C)C)NC(=O)CSc1nc(C)cc(N)n1. The molecule has 0 radical (unpaired) electrons. The number of hydrogen-bond donors (Lipinski definition) is 2. The van der Waals surface area contributed by atoms with Gasteiger partial charge in [0, 0.05) is 11.8 Å². The molecule has 8 heteroatoms. The number of aromatic nitrogens is 2. The molecule has 22 heavy (non-hydrogen) atoms. The standard InChI is InChI=1S/C14H22N4O3S/c1-8(2)5-10(13(20)21-4)17-12(19)7-22-14-16-9(3)6-11(15)18-14/h6,8,10H,5,7H2,1-4H3,(H,17,19)(H2,15,16,18). The number of carbonyl (C=O) groups excluding carboxylic acids is 2. The van der Waals surface area contributed by atoms with E-state index in [4.69, 9.17) is 10.5 Å². The molecule has 0 aromatic carbocycles. The van der Waals surface area contributed by atoms with Crippen molar-refractivity contribution in [3.63, 3.8) is 0 Å². The number of ether oxygens (including phenoxy) is 1. The average molecular weight is 326 g/mol. The summed E-state index contributed by atoms with van der Waals surface area (Å²) in [5.41, 5.74) is 6.37. The van der Waals surface area contributed by atoms with Crippen LogP contribution in [0, 0.1) is 12.8 Å². The lowest BCUT2D eigenvalue weighted by atomic mass is 10.0. The van der Waals surface area contributed by atoms with Crippen LogP contribution in [0.1, 0.15) is 26.0 Å². The summed E-state index contributed by atoms with van der Waals surface area (Å²) in [6.45, 7) is 5.75. The third-order valence-electron chi connectivity index (χ3n) is 2.71. The monoisotopic (exact) mass is 326 g/mol. The molecule has 122 valence electrons. The van der Waals surface area contributed by atoms with Gasteiger partial charge in [0.25, 0.3) is 0 Å². The Bertz CT molecular complexity index is 517. The third kappa shape index (κ3) is 6.30. The van der Waals surface area contributed by atoms with Crippen molar-refractivity contribution in [1.82, 2.24) is 15.3 Å². The lowest BCUT2D eigenvalue weighted by molar-refractivity contribution is -0.145. The van der Waals surface area contributed by atoms with E-state index >= 15 is 0 Å². The lowest BCUT2D eigenvalue weighted by Crippen LogP contribution is -2.43. The maximum absolute atomic E-state index is 12.0. The topological polar surface area (TPSA) is 107 Å². The molecule has 1 heterocycles. The van der Waals surface area contributed by atoms with Gasteiger partial charge in [-0.3, -0.25) is 4.79 Å². The number of nitrogens with zero attached hydrogens (tertiary/aromatic N) is 2. The quantitative estimate of drug-likeness (QED) is 0.440. The zero-order valence-electron chi connectivity index (χ0n) is 13.3. The summed E-state index contributed by atoms with van der Waals surface area (Å²) in [6.07, 6.45) is 0.525. The highest BCUT2D eigenvalue weighted by molar-refractivity contribution is 7.99. The van der Waals surface area contributed by atoms with Crippen LogP contribution in [0.2, 0.25) is 0 Å². The fraction of sp³-hybridized carbons (Fsp3) is 0.571. The normalized spacial score (nSPS) is 12.0. The Morgan fingerprint density at radius 1 is 1.41 bits per heavy atom. The number of methoxy groups -OCH3 is 1. The molecule has 0 saturated carbocycles. The number of amides is 1. The molecule has 0 aliphatic rings. The maximum atomic E-state index is 12.0. The Balaban J connectivity index is 2.58. The van der Waals surface area contributed by atoms with Crippen LogP contribution in [0.5, 0.6) is 0 Å². The van der Waals surface area contributed by atoms with E-state index in [-0.39, 0.29) is 17.6 Å². The third-order valence-corrected chi connectivity index (χ3v) is 3.56. The van der Waals surface area contributed by atoms with Gasteiger partial charge in [0.05, 0.1) is 12.9 Å². The second-order valence-corrected chi connectivity index (χ2v) is 6.22. The molecule has 0 aliphatic carbocycles. The van der Waals surface area contributed by atoms with Crippen LogP contribution in [0.25, 0.3) is 0 Å². The molecule has 0 bridgehead atoms. The Labute approximate surface area is 134 Å². The minimum atomic E-state index is -0.637. The number of hydrogen-bond acceptors (Lipinski definition) is 7. The molecule has 1 rings (SSSR count). The number of carbonyl (C=O) groups is 2. The van der Waals surface area contributed by atoms with E-state index in [1.54, 1.807) is 13.0 Å². The van der Waals surface area contributed by atoms with E-state index in [0.29, 0.717) is 17.4 Å². The molecule has 3 N–H and O–H groups in total. The summed E-state index contributed by atoms with van der Waals surface area (Å²) in [7, 11) is 1.31. The number of nitrogens with one attached hydrogen (secondary N) is 1. The molecule has 7 nitrogen and oxygen atoms in total. The van der Waals surface area contributed by atoms with Crippen LogP contribution in [-0.2, 0) is 14.3 Å². The first kappa shape index (κ1) is 18.2. The van der Waals surface area contributed by atoms with E-state index in [1.165, 1.54) is 18.9 Å². The fourth-order valence-corrected chi connectivity index (χ4v) is 2.55. The van der Waals surface area contributed by atoms with Crippen molar-refractivity contribution in [1.29, 1.82) is 0 Å². The summed E-state index contributed by atoms with van der Waals surface area (Å²) < 4.78 is 4.71. The van der Waals surface area contributed by atoms with E-state index in [2.05, 4.69) is 15.3 Å². The van der Waals surface area contributed by atoms with Crippen molar-refractivity contribution in [2.24, 2.45) is 5.92 Å². The van der Waals surface area contributed by atoms with Crippen molar-refractivity contribution >= 4 is 29.5 Å². The number of anilines is 1. The van der Waals surface area contributed by atoms with Gasteiger partial charge >= 0.3 is 5.97 Å². The Kier molecular flexibility index (Phi) is 7.10. The van der Waals surface area contributed by atoms with Gasteiger partial charge in [0.2, 0.25) is 5.91 Å². The predicted octanol–water partition coefficient (Wildman–Crippen LogP) is 1.16. The molecule has 0 fully saturated rings. The zero-order valence-corrected chi connectivity index (χ0v) is 14.1. The first-order valence-corrected chi connectivity index (χ1v) is 7.91. The molecule has 1 aromatic rings. The minimum Gasteiger partial charge on any atom is -0.467 e. The average Bonchev–Trinajstić information content (AvgIpc) is 2.42. The second kappa shape index (κ2) is 8.57. The highest BCUT2D eigenvalue weighted by atomic mass is 32.2. The number of rotatable bonds is 7. The Morgan fingerprint density at radius 3 is 2.64 bits per heavy atom. The van der Waals surface area contributed by atoms with Gasteiger partial charge in [-0.25, -0.2) is 14.8 Å². The van der Waals surface area contributed by atoms with Crippen LogP contribution in [0.4, 0.5) is 5.82 Å². The first-order chi connectivity index (χ1) is 10.3. The number of aryl methyl sites for hydroxylation is 1. The Hall–Kier alpha value is -1.83. The maximum Gasteiger partial charge on any atom is 0.328 e. The number of nitrogen functional groups attached to an aromatic ring is 1. The molecule has 0 aliphatic heterocycles. The smallest absolute Gasteiger partial charge is 0.328 e. The van der Waals surface area contributed by atoms with Gasteiger partial charge in [-0.05, 0) is 19.3 Å². The summed E-state index contributed by atoms with van der Waals surface area (Å²) in [5.74, 6) is 0.0153. The van der Waals surface area contributed by atoms with Crippen molar-refractivity contribution in [2.75, 3.05) is 18.6 Å². The molecule has 1 amide bonds. The number of nitrogens with two attached hydrogens (primary N) is 1. The van der Waals surface area contributed by atoms with Gasteiger partial charge < -0.3 is 15.8 Å². The van der Waals surface area contributed by atoms with Gasteiger partial charge in [0.1, 0.15) is 11.9 Å². The summed E-state index contributed by atoms with van der Waals surface area (Å²) >= 11 is 1.17. The summed E-state index contributed by atoms with van der Waals surface area (Å²) in [4.78, 5) is 31.9. The van der Waals surface area contributed by atoms with Crippen LogP contribution >= 0.6 is 11.8 Å². The van der Waals surface area contributed by atoms with Gasteiger partial charge in [-0.2, -0.15) is 0 Å². The van der Waals surface area contributed by atoms with Crippen molar-refractivity contribution in [2.45, 2.75) is 38.4 Å². The van der Waals surface area contributed by atoms with Crippen LogP contribution < -0.4 is 11.1 Å². The Morgan fingerprint density at radius 2 is 2.09 bits per heavy atom. The first-order valence-electron chi connectivity index (χ1n) is 6.93. The van der Waals surface area contributed by atoms with E-state index in [0.717, 1.165) is 5.69 Å². The second-order valence-electron chi connectivity index (χ2n) is 5.28. The number of esters is 1. The van der Waals surface area contributed by atoms with Gasteiger partial charge in [-0.1, -0.05) is 25.6 Å². The molecular weight excluding hydrogens is 304 g/mol. The largest absolute Gasteiger partial charge is 0.467 e. The fourth-order valence-electron chi connectivity index (χ4n) is 1.82. The van der Waals surface area contributed by atoms with E-state index in [1.807, 2.05) is 13.8 Å². The van der Waals surface area contributed by atoms with Crippen LogP contribution in [0.15, 0.2) is 11.2 Å². The van der Waals surface area contributed by atoms with Crippen LogP contribution in [0.3, 0.4) is 0 Å². The molecule has 1 atom stereocenters. The van der Waals surface area contributed by atoms with Crippen molar-refractivity contribution in [3.8, 4) is 0 Å².